The number of ketones is 1. The van der Waals surface area contributed by atoms with Crippen LogP contribution < -0.4 is 0 Å². The van der Waals surface area contributed by atoms with Crippen molar-refractivity contribution in [3.8, 4) is 0 Å². The Morgan fingerprint density at radius 2 is 2.05 bits per heavy atom. The van der Waals surface area contributed by atoms with Crippen LogP contribution in [-0.2, 0) is 11.2 Å². The smallest absolute Gasteiger partial charge is 0.274 e. The van der Waals surface area contributed by atoms with Gasteiger partial charge in [-0.05, 0) is 13.0 Å². The number of nitrogens with zero attached hydrogens (tertiary/aromatic N) is 2. The fourth-order valence-electron chi connectivity index (χ4n) is 1.87. The summed E-state index contributed by atoms with van der Waals surface area (Å²) >= 11 is 1.42. The molecular formula is C14H16N2O3S. The van der Waals surface area contributed by atoms with Crippen LogP contribution in [0.25, 0.3) is 10.2 Å². The molecule has 0 saturated carbocycles. The van der Waals surface area contributed by atoms with Gasteiger partial charge < -0.3 is 0 Å². The minimum absolute atomic E-state index is 0.00116. The Balaban J connectivity index is 2.52. The van der Waals surface area contributed by atoms with Crippen molar-refractivity contribution in [3.05, 3.63) is 32.8 Å². The molecule has 20 heavy (non-hydrogen) atoms. The largest absolute Gasteiger partial charge is 0.299 e. The molecule has 0 aliphatic rings. The third kappa shape index (κ3) is 2.85. The minimum atomic E-state index is -0.513. The molecule has 0 aliphatic heterocycles. The second kappa shape index (κ2) is 4.94. The van der Waals surface area contributed by atoms with Crippen LogP contribution in [0.15, 0.2) is 12.1 Å². The number of aromatic nitrogens is 1. The third-order valence-corrected chi connectivity index (χ3v) is 4.01. The molecule has 1 aromatic carbocycles. The van der Waals surface area contributed by atoms with Gasteiger partial charge in [0.25, 0.3) is 5.69 Å². The standard InChI is InChI=1S/C14H16N2O3S/c1-8-15-10-5-9(6-13(17)14(2,3)4)11(16(18)19)7-12(10)20-8/h5,7H,6H2,1-4H3. The van der Waals surface area contributed by atoms with Crippen molar-refractivity contribution >= 4 is 33.0 Å². The van der Waals surface area contributed by atoms with Crippen molar-refractivity contribution in [2.45, 2.75) is 34.1 Å². The van der Waals surface area contributed by atoms with E-state index in [1.54, 1.807) is 6.07 Å². The first-order valence-corrected chi connectivity index (χ1v) is 7.08. The Bertz CT molecular complexity index is 698. The Kier molecular flexibility index (Phi) is 3.60. The van der Waals surface area contributed by atoms with E-state index in [0.29, 0.717) is 5.56 Å². The molecule has 0 bridgehead atoms. The molecule has 0 atom stereocenters. The van der Waals surface area contributed by atoms with Crippen molar-refractivity contribution in [3.63, 3.8) is 0 Å². The van der Waals surface area contributed by atoms with Crippen molar-refractivity contribution in [2.24, 2.45) is 5.41 Å². The van der Waals surface area contributed by atoms with Gasteiger partial charge in [-0.15, -0.1) is 11.3 Å². The number of aryl methyl sites for hydroxylation is 1. The monoisotopic (exact) mass is 292 g/mol. The first-order chi connectivity index (χ1) is 9.18. The number of carbonyl (C=O) groups excluding carboxylic acids is 1. The zero-order valence-electron chi connectivity index (χ0n) is 11.9. The zero-order chi connectivity index (χ0) is 15.1. The summed E-state index contributed by atoms with van der Waals surface area (Å²) in [7, 11) is 0. The summed E-state index contributed by atoms with van der Waals surface area (Å²) in [6.07, 6.45) is 0.0618. The van der Waals surface area contributed by atoms with E-state index in [4.69, 9.17) is 0 Å². The number of benzene rings is 1. The highest BCUT2D eigenvalue weighted by Crippen LogP contribution is 2.31. The second-order valence-electron chi connectivity index (χ2n) is 5.79. The van der Waals surface area contributed by atoms with Gasteiger partial charge in [-0.2, -0.15) is 0 Å². The van der Waals surface area contributed by atoms with Gasteiger partial charge in [0.1, 0.15) is 5.78 Å². The molecular weight excluding hydrogens is 276 g/mol. The van der Waals surface area contributed by atoms with Crippen LogP contribution in [0.2, 0.25) is 0 Å². The molecule has 106 valence electrons. The number of carbonyl (C=O) groups is 1. The van der Waals surface area contributed by atoms with Crippen molar-refractivity contribution in [1.82, 2.24) is 4.98 Å². The van der Waals surface area contributed by atoms with Crippen LogP contribution in [0.5, 0.6) is 0 Å². The summed E-state index contributed by atoms with van der Waals surface area (Å²) in [6, 6.07) is 3.19. The van der Waals surface area contributed by atoms with Gasteiger partial charge in [-0.25, -0.2) is 4.98 Å². The average molecular weight is 292 g/mol. The van der Waals surface area contributed by atoms with Crippen molar-refractivity contribution in [1.29, 1.82) is 0 Å². The van der Waals surface area contributed by atoms with E-state index in [2.05, 4.69) is 4.98 Å². The van der Waals surface area contributed by atoms with E-state index in [0.717, 1.165) is 15.2 Å². The lowest BCUT2D eigenvalue weighted by Crippen LogP contribution is -2.22. The fraction of sp³-hybridized carbons (Fsp3) is 0.429. The summed E-state index contributed by atoms with van der Waals surface area (Å²) in [5.41, 5.74) is 0.641. The third-order valence-electron chi connectivity index (χ3n) is 3.08. The zero-order valence-corrected chi connectivity index (χ0v) is 12.7. The minimum Gasteiger partial charge on any atom is -0.299 e. The lowest BCUT2D eigenvalue weighted by Gasteiger charge is -2.16. The molecule has 0 N–H and O–H groups in total. The Hall–Kier alpha value is -1.82. The number of nitro groups is 1. The summed E-state index contributed by atoms with van der Waals surface area (Å²) in [5.74, 6) is -0.0214. The maximum atomic E-state index is 12.1. The van der Waals surface area contributed by atoms with Crippen molar-refractivity contribution in [2.75, 3.05) is 0 Å². The van der Waals surface area contributed by atoms with Crippen LogP contribution in [0, 0.1) is 22.5 Å². The van der Waals surface area contributed by atoms with Gasteiger partial charge >= 0.3 is 0 Å². The Labute approximate surface area is 120 Å². The molecule has 0 saturated heterocycles. The van der Waals surface area contributed by atoms with Crippen LogP contribution >= 0.6 is 11.3 Å². The maximum Gasteiger partial charge on any atom is 0.274 e. The molecule has 0 unspecified atom stereocenters. The van der Waals surface area contributed by atoms with E-state index < -0.39 is 10.3 Å². The van der Waals surface area contributed by atoms with Gasteiger partial charge in [0.2, 0.25) is 0 Å². The Morgan fingerprint density at radius 3 is 2.60 bits per heavy atom. The number of thiazole rings is 1. The number of rotatable bonds is 3. The molecule has 0 spiro atoms. The molecule has 2 aromatic rings. The molecule has 0 radical (unpaired) electrons. The number of hydrogen-bond donors (Lipinski definition) is 0. The second-order valence-corrected chi connectivity index (χ2v) is 7.02. The highest BCUT2D eigenvalue weighted by molar-refractivity contribution is 7.18. The van der Waals surface area contributed by atoms with Gasteiger partial charge in [-0.1, -0.05) is 20.8 Å². The first kappa shape index (κ1) is 14.6. The lowest BCUT2D eigenvalue weighted by atomic mass is 9.87. The van der Waals surface area contributed by atoms with Crippen LogP contribution in [0.3, 0.4) is 0 Å². The lowest BCUT2D eigenvalue weighted by molar-refractivity contribution is -0.385. The van der Waals surface area contributed by atoms with Gasteiger partial charge in [0, 0.05) is 23.5 Å². The quantitative estimate of drug-likeness (QED) is 0.639. The number of hydrogen-bond acceptors (Lipinski definition) is 5. The summed E-state index contributed by atoms with van der Waals surface area (Å²) in [5, 5.41) is 12.0. The number of nitro benzene ring substituents is 1. The fourth-order valence-corrected chi connectivity index (χ4v) is 2.71. The van der Waals surface area contributed by atoms with Gasteiger partial charge in [0.05, 0.1) is 20.1 Å². The van der Waals surface area contributed by atoms with Crippen LogP contribution in [0.4, 0.5) is 5.69 Å². The molecule has 0 aliphatic carbocycles. The number of Topliss-reactive ketones (excluding diaryl/α,β-unsaturated/α-hetero) is 1. The summed E-state index contributed by atoms with van der Waals surface area (Å²) in [6.45, 7) is 7.29. The molecule has 5 nitrogen and oxygen atoms in total. The van der Waals surface area contributed by atoms with Crippen LogP contribution in [0.1, 0.15) is 31.3 Å². The summed E-state index contributed by atoms with van der Waals surface area (Å²) < 4.78 is 0.779. The highest BCUT2D eigenvalue weighted by atomic mass is 32.1. The predicted molar refractivity (Wildman–Crippen MR) is 79.2 cm³/mol. The molecule has 0 amide bonds. The van der Waals surface area contributed by atoms with Crippen LogP contribution in [-0.4, -0.2) is 15.7 Å². The summed E-state index contributed by atoms with van der Waals surface area (Å²) in [4.78, 5) is 27.2. The number of fused-ring (bicyclic) bond motifs is 1. The first-order valence-electron chi connectivity index (χ1n) is 6.26. The molecule has 0 fully saturated rings. The van der Waals surface area contributed by atoms with Gasteiger partial charge in [-0.3, -0.25) is 14.9 Å². The van der Waals surface area contributed by atoms with E-state index >= 15 is 0 Å². The topological polar surface area (TPSA) is 73.1 Å². The maximum absolute atomic E-state index is 12.1. The molecule has 1 aromatic heterocycles. The van der Waals surface area contributed by atoms with E-state index in [1.165, 1.54) is 17.4 Å². The average Bonchev–Trinajstić information content (AvgIpc) is 2.65. The Morgan fingerprint density at radius 1 is 1.40 bits per heavy atom. The molecule has 6 heteroatoms. The van der Waals surface area contributed by atoms with E-state index in [9.17, 15) is 14.9 Å². The SMILES string of the molecule is Cc1nc2cc(CC(=O)C(C)(C)C)c([N+](=O)[O-])cc2s1. The molecule has 1 heterocycles. The van der Waals surface area contributed by atoms with E-state index in [-0.39, 0.29) is 17.9 Å². The van der Waals surface area contributed by atoms with Crippen molar-refractivity contribution < 1.29 is 9.72 Å². The predicted octanol–water partition coefficient (Wildman–Crippen LogP) is 3.67. The normalized spacial score (nSPS) is 11.8. The molecule has 2 rings (SSSR count). The highest BCUT2D eigenvalue weighted by Gasteiger charge is 2.25. The van der Waals surface area contributed by atoms with Gasteiger partial charge in [0.15, 0.2) is 0 Å². The van der Waals surface area contributed by atoms with E-state index in [1.807, 2.05) is 27.7 Å².